The molecule has 0 aromatic carbocycles. The molecule has 120 valence electrons. The summed E-state index contributed by atoms with van der Waals surface area (Å²) in [7, 11) is -0.262. The van der Waals surface area contributed by atoms with Crippen LogP contribution >= 0.6 is 0 Å². The van der Waals surface area contributed by atoms with E-state index in [-0.39, 0.29) is 30.8 Å². The molecule has 2 aliphatic rings. The predicted octanol–water partition coefficient (Wildman–Crippen LogP) is 3.56. The quantitative estimate of drug-likeness (QED) is 0.743. The summed E-state index contributed by atoms with van der Waals surface area (Å²) in [5.41, 5.74) is -0.174. The lowest BCUT2D eigenvalue weighted by molar-refractivity contribution is -0.00648. The molecular formula is C15H30B2O4. The Morgan fingerprint density at radius 1 is 0.905 bits per heavy atom. The number of hydrogen-bond acceptors (Lipinski definition) is 4. The molecule has 0 aliphatic carbocycles. The first-order chi connectivity index (χ1) is 9.60. The van der Waals surface area contributed by atoms with Crippen molar-refractivity contribution in [1.29, 1.82) is 0 Å². The molecule has 0 unspecified atom stereocenters. The highest BCUT2D eigenvalue weighted by Gasteiger charge is 2.45. The third-order valence-corrected chi connectivity index (χ3v) is 4.52. The van der Waals surface area contributed by atoms with E-state index < -0.39 is 0 Å². The Balaban J connectivity index is 1.86. The van der Waals surface area contributed by atoms with E-state index in [1.54, 1.807) is 0 Å². The maximum atomic E-state index is 6.12. The Morgan fingerprint density at radius 3 is 2.05 bits per heavy atom. The van der Waals surface area contributed by atoms with Gasteiger partial charge in [-0.15, -0.1) is 0 Å². The molecule has 0 saturated carbocycles. The molecule has 0 spiro atoms. The van der Waals surface area contributed by atoms with Crippen LogP contribution in [0.3, 0.4) is 0 Å². The zero-order valence-corrected chi connectivity index (χ0v) is 14.5. The van der Waals surface area contributed by atoms with Crippen molar-refractivity contribution in [1.82, 2.24) is 0 Å². The summed E-state index contributed by atoms with van der Waals surface area (Å²) in [4.78, 5) is 0. The molecule has 21 heavy (non-hydrogen) atoms. The van der Waals surface area contributed by atoms with Crippen molar-refractivity contribution in [3.05, 3.63) is 0 Å². The van der Waals surface area contributed by atoms with Gasteiger partial charge in [0, 0.05) is 13.2 Å². The first-order valence-electron chi connectivity index (χ1n) is 8.19. The number of rotatable bonds is 4. The van der Waals surface area contributed by atoms with Crippen molar-refractivity contribution < 1.29 is 18.6 Å². The van der Waals surface area contributed by atoms with Crippen LogP contribution in [0.5, 0.6) is 0 Å². The van der Waals surface area contributed by atoms with Crippen molar-refractivity contribution >= 4 is 14.2 Å². The lowest BCUT2D eigenvalue weighted by Crippen LogP contribution is -2.48. The SMILES string of the molecule is CC1(C)CCOB(CCC(C)(C)B2OCCC(C)(C)O2)O1. The molecule has 2 fully saturated rings. The summed E-state index contributed by atoms with van der Waals surface area (Å²) in [6.45, 7) is 14.5. The van der Waals surface area contributed by atoms with Gasteiger partial charge in [-0.05, 0) is 52.2 Å². The van der Waals surface area contributed by atoms with E-state index in [9.17, 15) is 0 Å². The zero-order valence-electron chi connectivity index (χ0n) is 14.5. The Hall–Kier alpha value is -0.0301. The standard InChI is InChI=1S/C15H30B2O4/c1-13(2,17-19-12-9-15(5,6)21-17)7-10-16-18-11-8-14(3,4)20-16/h7-12H2,1-6H3. The van der Waals surface area contributed by atoms with Crippen LogP contribution in [0.15, 0.2) is 0 Å². The minimum atomic E-state index is -0.155. The fourth-order valence-corrected chi connectivity index (χ4v) is 2.81. The first-order valence-corrected chi connectivity index (χ1v) is 8.19. The van der Waals surface area contributed by atoms with E-state index in [0.717, 1.165) is 38.8 Å². The van der Waals surface area contributed by atoms with Gasteiger partial charge >= 0.3 is 14.2 Å². The van der Waals surface area contributed by atoms with Gasteiger partial charge < -0.3 is 18.6 Å². The Morgan fingerprint density at radius 2 is 1.48 bits per heavy atom. The van der Waals surface area contributed by atoms with Gasteiger partial charge in [0.1, 0.15) is 0 Å². The van der Waals surface area contributed by atoms with Gasteiger partial charge in [0.2, 0.25) is 0 Å². The van der Waals surface area contributed by atoms with Gasteiger partial charge in [0.25, 0.3) is 0 Å². The van der Waals surface area contributed by atoms with Gasteiger partial charge in [-0.25, -0.2) is 0 Å². The molecule has 0 radical (unpaired) electrons. The summed E-state index contributed by atoms with van der Waals surface area (Å²) >= 11 is 0. The van der Waals surface area contributed by atoms with Crippen LogP contribution < -0.4 is 0 Å². The molecule has 0 amide bonds. The van der Waals surface area contributed by atoms with Crippen LogP contribution in [-0.4, -0.2) is 38.7 Å². The normalized spacial score (nSPS) is 26.0. The van der Waals surface area contributed by atoms with Gasteiger partial charge in [-0.2, -0.15) is 0 Å². The Bertz CT molecular complexity index is 358. The van der Waals surface area contributed by atoms with Gasteiger partial charge in [-0.3, -0.25) is 0 Å². The monoisotopic (exact) mass is 296 g/mol. The lowest BCUT2D eigenvalue weighted by Gasteiger charge is -2.41. The van der Waals surface area contributed by atoms with Crippen LogP contribution in [0.4, 0.5) is 0 Å². The average molecular weight is 296 g/mol. The third kappa shape index (κ3) is 4.98. The van der Waals surface area contributed by atoms with Crippen molar-refractivity contribution in [2.75, 3.05) is 13.2 Å². The second-order valence-corrected chi connectivity index (χ2v) is 8.29. The van der Waals surface area contributed by atoms with E-state index in [1.165, 1.54) is 0 Å². The smallest absolute Gasteiger partial charge is 0.411 e. The Labute approximate surface area is 130 Å². The van der Waals surface area contributed by atoms with Crippen LogP contribution in [-0.2, 0) is 18.6 Å². The molecule has 2 heterocycles. The molecule has 0 aromatic rings. The summed E-state index contributed by atoms with van der Waals surface area (Å²) in [6.07, 6.45) is 3.73. The van der Waals surface area contributed by atoms with Crippen molar-refractivity contribution in [3.8, 4) is 0 Å². The summed E-state index contributed by atoms with van der Waals surface area (Å²) < 4.78 is 23.7. The highest BCUT2D eigenvalue weighted by Crippen LogP contribution is 2.40. The fourth-order valence-electron chi connectivity index (χ4n) is 2.81. The van der Waals surface area contributed by atoms with Gasteiger partial charge in [0.05, 0.1) is 11.2 Å². The average Bonchev–Trinajstić information content (AvgIpc) is 2.34. The zero-order chi connectivity index (χ0) is 15.7. The predicted molar refractivity (Wildman–Crippen MR) is 86.4 cm³/mol. The van der Waals surface area contributed by atoms with Gasteiger partial charge in [-0.1, -0.05) is 20.3 Å². The van der Waals surface area contributed by atoms with Crippen LogP contribution in [0.1, 0.15) is 60.8 Å². The molecular weight excluding hydrogens is 266 g/mol. The maximum absolute atomic E-state index is 6.12. The molecule has 0 N–H and O–H groups in total. The highest BCUT2D eigenvalue weighted by atomic mass is 16.6. The molecule has 0 aromatic heterocycles. The second-order valence-electron chi connectivity index (χ2n) is 8.29. The van der Waals surface area contributed by atoms with Crippen LogP contribution in [0, 0.1) is 0 Å². The molecule has 0 atom stereocenters. The van der Waals surface area contributed by atoms with E-state index >= 15 is 0 Å². The first kappa shape index (κ1) is 17.3. The molecule has 0 bridgehead atoms. The van der Waals surface area contributed by atoms with E-state index in [1.807, 2.05) is 0 Å². The van der Waals surface area contributed by atoms with Crippen molar-refractivity contribution in [3.63, 3.8) is 0 Å². The maximum Gasteiger partial charge on any atom is 0.463 e. The lowest BCUT2D eigenvalue weighted by atomic mass is 9.54. The molecule has 6 heteroatoms. The summed E-state index contributed by atoms with van der Waals surface area (Å²) in [5, 5.41) is -0.0496. The molecule has 4 nitrogen and oxygen atoms in total. The number of hydrogen-bond donors (Lipinski definition) is 0. The second kappa shape index (κ2) is 6.23. The summed E-state index contributed by atoms with van der Waals surface area (Å²) in [6, 6.07) is 0. The Kier molecular flexibility index (Phi) is 5.14. The molecule has 2 saturated heterocycles. The van der Waals surface area contributed by atoms with Crippen molar-refractivity contribution in [2.24, 2.45) is 0 Å². The van der Waals surface area contributed by atoms with E-state index in [0.29, 0.717) is 0 Å². The third-order valence-electron chi connectivity index (χ3n) is 4.52. The largest absolute Gasteiger partial charge is 0.463 e. The summed E-state index contributed by atoms with van der Waals surface area (Å²) in [5.74, 6) is 0. The minimum absolute atomic E-state index is 0.0496. The molecule has 2 aliphatic heterocycles. The highest BCUT2D eigenvalue weighted by molar-refractivity contribution is 6.49. The van der Waals surface area contributed by atoms with E-state index in [2.05, 4.69) is 41.5 Å². The van der Waals surface area contributed by atoms with Crippen molar-refractivity contribution in [2.45, 2.75) is 83.6 Å². The van der Waals surface area contributed by atoms with Crippen LogP contribution in [0.2, 0.25) is 11.6 Å². The fraction of sp³-hybridized carbons (Fsp3) is 1.00. The van der Waals surface area contributed by atoms with E-state index in [4.69, 9.17) is 18.6 Å². The minimum Gasteiger partial charge on any atom is -0.411 e. The van der Waals surface area contributed by atoms with Crippen LogP contribution in [0.25, 0.3) is 0 Å². The van der Waals surface area contributed by atoms with Gasteiger partial charge in [0.15, 0.2) is 0 Å². The molecule has 2 rings (SSSR count). The topological polar surface area (TPSA) is 36.9 Å².